The third-order valence-corrected chi connectivity index (χ3v) is 2.71. The van der Waals surface area contributed by atoms with E-state index < -0.39 is 0 Å². The lowest BCUT2D eigenvalue weighted by atomic mass is 10.2. The van der Waals surface area contributed by atoms with Gasteiger partial charge in [-0.2, -0.15) is 0 Å². The molecule has 0 radical (unpaired) electrons. The van der Waals surface area contributed by atoms with Crippen molar-refractivity contribution in [3.8, 4) is 0 Å². The second kappa shape index (κ2) is 4.53. The van der Waals surface area contributed by atoms with Gasteiger partial charge < -0.3 is 9.72 Å². The van der Waals surface area contributed by atoms with Crippen LogP contribution in [0.4, 0.5) is 10.2 Å². The molecule has 0 saturated heterocycles. The van der Waals surface area contributed by atoms with Crippen molar-refractivity contribution < 1.29 is 9.18 Å². The number of hydrogen-bond donors (Lipinski definition) is 1. The van der Waals surface area contributed by atoms with Crippen molar-refractivity contribution in [2.45, 2.75) is 0 Å². The fourth-order valence-electron chi connectivity index (χ4n) is 1.78. The standard InChI is InChI=1S/C14H10FN3O/c15-11-6-4-10(5-7-11)14(19)17-12-9-18-8-2-1-3-13(18)16-12/h1-9H,(H,17,19). The molecule has 19 heavy (non-hydrogen) atoms. The summed E-state index contributed by atoms with van der Waals surface area (Å²) in [6.07, 6.45) is 3.56. The minimum atomic E-state index is -0.371. The summed E-state index contributed by atoms with van der Waals surface area (Å²) in [4.78, 5) is 16.2. The average Bonchev–Trinajstić information content (AvgIpc) is 2.81. The van der Waals surface area contributed by atoms with Crippen LogP contribution in [-0.4, -0.2) is 15.3 Å². The number of pyridine rings is 1. The summed E-state index contributed by atoms with van der Waals surface area (Å²) in [5, 5.41) is 2.67. The molecule has 0 saturated carbocycles. The molecule has 1 aromatic carbocycles. The van der Waals surface area contributed by atoms with Gasteiger partial charge in [0.25, 0.3) is 5.91 Å². The Labute approximate surface area is 108 Å². The van der Waals surface area contributed by atoms with Gasteiger partial charge in [-0.05, 0) is 36.4 Å². The van der Waals surface area contributed by atoms with Crippen molar-refractivity contribution in [1.29, 1.82) is 0 Å². The van der Waals surface area contributed by atoms with Crippen molar-refractivity contribution >= 4 is 17.4 Å². The Balaban J connectivity index is 1.84. The molecular formula is C14H10FN3O. The van der Waals surface area contributed by atoms with Crippen molar-refractivity contribution in [1.82, 2.24) is 9.38 Å². The molecule has 4 nitrogen and oxygen atoms in total. The van der Waals surface area contributed by atoms with Crippen LogP contribution in [0.15, 0.2) is 54.9 Å². The lowest BCUT2D eigenvalue weighted by molar-refractivity contribution is 0.102. The van der Waals surface area contributed by atoms with Gasteiger partial charge in [0.05, 0.1) is 6.20 Å². The number of carbonyl (C=O) groups excluding carboxylic acids is 1. The van der Waals surface area contributed by atoms with Gasteiger partial charge in [0, 0.05) is 11.8 Å². The number of fused-ring (bicyclic) bond motifs is 1. The maximum atomic E-state index is 12.8. The first kappa shape index (κ1) is 11.4. The lowest BCUT2D eigenvalue weighted by Gasteiger charge is -2.01. The van der Waals surface area contributed by atoms with Gasteiger partial charge in [-0.1, -0.05) is 6.07 Å². The summed E-state index contributed by atoms with van der Waals surface area (Å²) >= 11 is 0. The van der Waals surface area contributed by atoms with Gasteiger partial charge in [-0.3, -0.25) is 4.79 Å². The highest BCUT2D eigenvalue weighted by molar-refractivity contribution is 6.03. The van der Waals surface area contributed by atoms with Crippen molar-refractivity contribution in [2.24, 2.45) is 0 Å². The molecule has 2 heterocycles. The first-order chi connectivity index (χ1) is 9.22. The minimum Gasteiger partial charge on any atom is -0.305 e. The van der Waals surface area contributed by atoms with Gasteiger partial charge in [0.1, 0.15) is 11.5 Å². The lowest BCUT2D eigenvalue weighted by Crippen LogP contribution is -2.11. The van der Waals surface area contributed by atoms with E-state index in [0.29, 0.717) is 11.4 Å². The SMILES string of the molecule is O=C(Nc1cn2ccccc2n1)c1ccc(F)cc1. The van der Waals surface area contributed by atoms with E-state index in [0.717, 1.165) is 5.65 Å². The smallest absolute Gasteiger partial charge is 0.256 e. The molecule has 5 heteroatoms. The second-order valence-corrected chi connectivity index (χ2v) is 4.05. The number of nitrogens with zero attached hydrogens (tertiary/aromatic N) is 2. The molecule has 0 fully saturated rings. The highest BCUT2D eigenvalue weighted by atomic mass is 19.1. The van der Waals surface area contributed by atoms with E-state index in [9.17, 15) is 9.18 Å². The zero-order valence-corrected chi connectivity index (χ0v) is 9.88. The van der Waals surface area contributed by atoms with Crippen LogP contribution in [0.5, 0.6) is 0 Å². The number of imidazole rings is 1. The third kappa shape index (κ3) is 2.30. The average molecular weight is 255 g/mol. The molecule has 0 bridgehead atoms. The Morgan fingerprint density at radius 1 is 1.16 bits per heavy atom. The first-order valence-corrected chi connectivity index (χ1v) is 5.73. The van der Waals surface area contributed by atoms with Gasteiger partial charge in [-0.15, -0.1) is 0 Å². The van der Waals surface area contributed by atoms with Crippen LogP contribution in [0.1, 0.15) is 10.4 Å². The summed E-state index contributed by atoms with van der Waals surface area (Å²) in [5.74, 6) is -0.229. The van der Waals surface area contributed by atoms with E-state index in [4.69, 9.17) is 0 Å². The molecule has 0 aliphatic rings. The Bertz CT molecular complexity index is 701. The fraction of sp³-hybridized carbons (Fsp3) is 0. The van der Waals surface area contributed by atoms with Crippen LogP contribution in [0.25, 0.3) is 5.65 Å². The van der Waals surface area contributed by atoms with E-state index in [1.807, 2.05) is 24.4 Å². The second-order valence-electron chi connectivity index (χ2n) is 4.05. The van der Waals surface area contributed by atoms with Crippen LogP contribution < -0.4 is 5.32 Å². The van der Waals surface area contributed by atoms with Gasteiger partial charge in [0.15, 0.2) is 5.82 Å². The molecule has 0 atom stereocenters. The highest BCUT2D eigenvalue weighted by Gasteiger charge is 2.08. The molecule has 2 aromatic heterocycles. The molecule has 0 unspecified atom stereocenters. The number of halogens is 1. The number of anilines is 1. The van der Waals surface area contributed by atoms with Gasteiger partial charge in [0.2, 0.25) is 0 Å². The molecule has 0 aliphatic heterocycles. The zero-order valence-electron chi connectivity index (χ0n) is 9.88. The number of aromatic nitrogens is 2. The van der Waals surface area contributed by atoms with Gasteiger partial charge >= 0.3 is 0 Å². The van der Waals surface area contributed by atoms with E-state index in [1.54, 1.807) is 10.6 Å². The van der Waals surface area contributed by atoms with Crippen molar-refractivity contribution in [3.05, 3.63) is 66.2 Å². The van der Waals surface area contributed by atoms with Crippen LogP contribution in [0.3, 0.4) is 0 Å². The van der Waals surface area contributed by atoms with E-state index >= 15 is 0 Å². The van der Waals surface area contributed by atoms with Crippen LogP contribution in [0.2, 0.25) is 0 Å². The monoisotopic (exact) mass is 255 g/mol. The molecule has 3 rings (SSSR count). The normalized spacial score (nSPS) is 10.6. The summed E-state index contributed by atoms with van der Waals surface area (Å²) in [6, 6.07) is 10.9. The molecule has 0 spiro atoms. The molecule has 94 valence electrons. The Hall–Kier alpha value is -2.69. The van der Waals surface area contributed by atoms with Crippen LogP contribution >= 0.6 is 0 Å². The first-order valence-electron chi connectivity index (χ1n) is 5.73. The molecule has 1 N–H and O–H groups in total. The maximum absolute atomic E-state index is 12.8. The van der Waals surface area contributed by atoms with Crippen molar-refractivity contribution in [3.63, 3.8) is 0 Å². The number of nitrogens with one attached hydrogen (secondary N) is 1. The fourth-order valence-corrected chi connectivity index (χ4v) is 1.78. The van der Waals surface area contributed by atoms with E-state index in [1.165, 1.54) is 24.3 Å². The summed E-state index contributed by atoms with van der Waals surface area (Å²) in [5.41, 5.74) is 1.13. The number of rotatable bonds is 2. The highest BCUT2D eigenvalue weighted by Crippen LogP contribution is 2.11. The van der Waals surface area contributed by atoms with Crippen LogP contribution in [0, 0.1) is 5.82 Å². The maximum Gasteiger partial charge on any atom is 0.256 e. The van der Waals surface area contributed by atoms with Crippen molar-refractivity contribution in [2.75, 3.05) is 5.32 Å². The molecule has 1 amide bonds. The molecule has 0 aliphatic carbocycles. The summed E-state index contributed by atoms with van der Waals surface area (Å²) in [6.45, 7) is 0. The summed E-state index contributed by atoms with van der Waals surface area (Å²) < 4.78 is 14.6. The number of hydrogen-bond acceptors (Lipinski definition) is 2. The number of benzene rings is 1. The zero-order chi connectivity index (χ0) is 13.2. The largest absolute Gasteiger partial charge is 0.305 e. The van der Waals surface area contributed by atoms with E-state index in [-0.39, 0.29) is 11.7 Å². The van der Waals surface area contributed by atoms with E-state index in [2.05, 4.69) is 10.3 Å². The third-order valence-electron chi connectivity index (χ3n) is 2.71. The van der Waals surface area contributed by atoms with Crippen LogP contribution in [-0.2, 0) is 0 Å². The molecule has 3 aromatic rings. The Morgan fingerprint density at radius 2 is 1.95 bits per heavy atom. The predicted molar refractivity (Wildman–Crippen MR) is 69.5 cm³/mol. The number of amides is 1. The quantitative estimate of drug-likeness (QED) is 0.765. The predicted octanol–water partition coefficient (Wildman–Crippen LogP) is 2.73. The topological polar surface area (TPSA) is 46.4 Å². The van der Waals surface area contributed by atoms with Gasteiger partial charge in [-0.25, -0.2) is 9.37 Å². The number of carbonyl (C=O) groups is 1. The Morgan fingerprint density at radius 3 is 2.68 bits per heavy atom. The minimum absolute atomic E-state index is 0.316. The molecular weight excluding hydrogens is 245 g/mol. The Kier molecular flexibility index (Phi) is 2.72. The summed E-state index contributed by atoms with van der Waals surface area (Å²) in [7, 11) is 0.